The van der Waals surface area contributed by atoms with Gasteiger partial charge in [0, 0.05) is 25.5 Å². The maximum Gasteiger partial charge on any atom is 0.418 e. The van der Waals surface area contributed by atoms with Crippen molar-refractivity contribution in [3.8, 4) is 0 Å². The molecule has 0 saturated heterocycles. The molecule has 1 aliphatic carbocycles. The second-order valence-corrected chi connectivity index (χ2v) is 10.4. The molecule has 0 N–H and O–H groups in total. The lowest BCUT2D eigenvalue weighted by Crippen LogP contribution is -2.12. The predicted molar refractivity (Wildman–Crippen MR) is 144 cm³/mol. The van der Waals surface area contributed by atoms with Gasteiger partial charge < -0.3 is 0 Å². The lowest BCUT2D eigenvalue weighted by molar-refractivity contribution is -0.137. The number of alkyl halides is 3. The number of hydrogen-bond donors (Lipinski definition) is 0. The molecule has 0 atom stereocenters. The topological polar surface area (TPSA) is 24.7 Å². The van der Waals surface area contributed by atoms with Crippen molar-refractivity contribution in [1.29, 1.82) is 0 Å². The van der Waals surface area contributed by atoms with Gasteiger partial charge in [0.15, 0.2) is 0 Å². The Morgan fingerprint density at radius 2 is 1.40 bits per heavy atom. The van der Waals surface area contributed by atoms with Gasteiger partial charge in [-0.15, -0.1) is 0 Å². The van der Waals surface area contributed by atoms with E-state index in [-0.39, 0.29) is 16.1 Å². The van der Waals surface area contributed by atoms with Gasteiger partial charge in [-0.1, -0.05) is 84.4 Å². The van der Waals surface area contributed by atoms with Crippen LogP contribution in [0.3, 0.4) is 0 Å². The number of halogens is 5. The fraction of sp³-hybridized carbons (Fsp3) is 0.143. The van der Waals surface area contributed by atoms with Crippen LogP contribution >= 0.6 is 31.9 Å². The molecular weight excluding hydrogens is 581 g/mol. The van der Waals surface area contributed by atoms with Crippen molar-refractivity contribution >= 4 is 65.4 Å². The molecule has 0 aliphatic heterocycles. The molecule has 4 aromatic rings. The van der Waals surface area contributed by atoms with E-state index in [0.29, 0.717) is 15.9 Å². The summed E-state index contributed by atoms with van der Waals surface area (Å²) in [5.74, 6) is 0.230. The summed E-state index contributed by atoms with van der Waals surface area (Å²) < 4.78 is 42.6. The van der Waals surface area contributed by atoms with Crippen molar-refractivity contribution in [2.45, 2.75) is 25.9 Å². The molecule has 7 heteroatoms. The molecule has 0 heterocycles. The van der Waals surface area contributed by atoms with Crippen molar-refractivity contribution in [2.75, 3.05) is 0 Å². The highest BCUT2D eigenvalue weighted by atomic mass is 79.9. The minimum Gasteiger partial charge on any atom is -0.246 e. The van der Waals surface area contributed by atoms with Crippen LogP contribution in [-0.2, 0) is 6.18 Å². The molecule has 1 aliphatic rings. The molecule has 0 fully saturated rings. The summed E-state index contributed by atoms with van der Waals surface area (Å²) in [4.78, 5) is 9.67. The number of nitrogens with zero attached hydrogens (tertiary/aromatic N) is 2. The first-order valence-corrected chi connectivity index (χ1v) is 12.6. The molecule has 0 amide bonds. The second-order valence-electron chi connectivity index (χ2n) is 8.63. The SMILES string of the molecule is CC(C)c1ccccc1/N=C1/C(=N/c2c(Br)cc(Br)cc2C(F)(F)F)c2cccc3cccc1c23. The van der Waals surface area contributed by atoms with E-state index in [1.54, 1.807) is 6.07 Å². The number of hydrogen-bond acceptors (Lipinski definition) is 2. The molecular formula is C28H19Br2F3N2. The van der Waals surface area contributed by atoms with Crippen molar-refractivity contribution < 1.29 is 13.2 Å². The highest BCUT2D eigenvalue weighted by Gasteiger charge is 2.36. The van der Waals surface area contributed by atoms with E-state index in [2.05, 4.69) is 50.7 Å². The first-order chi connectivity index (χ1) is 16.6. The van der Waals surface area contributed by atoms with E-state index in [0.717, 1.165) is 39.2 Å². The van der Waals surface area contributed by atoms with Gasteiger partial charge in [0.05, 0.1) is 28.4 Å². The largest absolute Gasteiger partial charge is 0.418 e. The van der Waals surface area contributed by atoms with Crippen LogP contribution in [0.4, 0.5) is 24.5 Å². The number of rotatable bonds is 3. The van der Waals surface area contributed by atoms with Gasteiger partial charge in [-0.2, -0.15) is 13.2 Å². The molecule has 0 radical (unpaired) electrons. The second kappa shape index (κ2) is 9.03. The standard InChI is InChI=1S/C28H19Br2F3N2/c1-15(2)18-9-3-4-12-23(18)34-25-19-10-5-7-16-8-6-11-20(24(16)19)26(25)35-27-21(28(31,32)33)13-17(29)14-22(27)30/h3-15H,1-2H3/b34-25+,35-26+. The maximum atomic E-state index is 14.0. The molecule has 0 unspecified atom stereocenters. The highest BCUT2D eigenvalue weighted by molar-refractivity contribution is 9.11. The molecule has 0 saturated carbocycles. The monoisotopic (exact) mass is 598 g/mol. The molecule has 5 rings (SSSR count). The quantitative estimate of drug-likeness (QED) is 0.224. The fourth-order valence-electron chi connectivity index (χ4n) is 4.42. The average Bonchev–Trinajstić information content (AvgIpc) is 3.09. The molecule has 0 bridgehead atoms. The Balaban J connectivity index is 1.84. The highest BCUT2D eigenvalue weighted by Crippen LogP contribution is 2.44. The minimum atomic E-state index is -4.58. The smallest absolute Gasteiger partial charge is 0.246 e. The minimum absolute atomic E-state index is 0.176. The summed E-state index contributed by atoms with van der Waals surface area (Å²) in [7, 11) is 0. The molecule has 2 nitrogen and oxygen atoms in total. The van der Waals surface area contributed by atoms with E-state index in [9.17, 15) is 13.2 Å². The van der Waals surface area contributed by atoms with E-state index in [1.165, 1.54) is 0 Å². The van der Waals surface area contributed by atoms with Crippen LogP contribution in [0.25, 0.3) is 10.8 Å². The molecule has 4 aromatic carbocycles. The zero-order valence-corrected chi connectivity index (χ0v) is 22.0. The number of para-hydroxylation sites is 1. The van der Waals surface area contributed by atoms with Crippen LogP contribution in [0.5, 0.6) is 0 Å². The maximum absolute atomic E-state index is 14.0. The Morgan fingerprint density at radius 1 is 0.771 bits per heavy atom. The average molecular weight is 600 g/mol. The Labute approximate surface area is 217 Å². The summed E-state index contributed by atoms with van der Waals surface area (Å²) in [5, 5.41) is 1.93. The van der Waals surface area contributed by atoms with Gasteiger partial charge in [0.2, 0.25) is 0 Å². The van der Waals surface area contributed by atoms with Crippen LogP contribution in [0, 0.1) is 0 Å². The zero-order chi connectivity index (χ0) is 24.9. The first-order valence-electron chi connectivity index (χ1n) is 11.0. The van der Waals surface area contributed by atoms with Gasteiger partial charge in [0.25, 0.3) is 0 Å². The van der Waals surface area contributed by atoms with E-state index in [1.807, 2.05) is 60.7 Å². The van der Waals surface area contributed by atoms with Crippen LogP contribution in [0.2, 0.25) is 0 Å². The lowest BCUT2D eigenvalue weighted by atomic mass is 10.0. The van der Waals surface area contributed by atoms with E-state index in [4.69, 9.17) is 4.99 Å². The molecule has 35 heavy (non-hydrogen) atoms. The van der Waals surface area contributed by atoms with Gasteiger partial charge in [-0.3, -0.25) is 0 Å². The van der Waals surface area contributed by atoms with Crippen molar-refractivity contribution in [3.63, 3.8) is 0 Å². The Kier molecular flexibility index (Phi) is 6.18. The third-order valence-electron chi connectivity index (χ3n) is 5.99. The normalized spacial score (nSPS) is 15.7. The van der Waals surface area contributed by atoms with E-state index < -0.39 is 11.7 Å². The van der Waals surface area contributed by atoms with Gasteiger partial charge in [-0.25, -0.2) is 9.98 Å². The molecule has 0 aromatic heterocycles. The summed E-state index contributed by atoms with van der Waals surface area (Å²) in [6, 6.07) is 22.1. The van der Waals surface area contributed by atoms with Gasteiger partial charge in [0.1, 0.15) is 0 Å². The van der Waals surface area contributed by atoms with Crippen molar-refractivity contribution in [3.05, 3.63) is 104 Å². The summed E-state index contributed by atoms with van der Waals surface area (Å²) in [6.45, 7) is 4.18. The summed E-state index contributed by atoms with van der Waals surface area (Å²) in [5.41, 5.74) is 3.45. The summed E-state index contributed by atoms with van der Waals surface area (Å²) >= 11 is 6.48. The van der Waals surface area contributed by atoms with E-state index >= 15 is 0 Å². The van der Waals surface area contributed by atoms with Crippen LogP contribution in [-0.4, -0.2) is 11.4 Å². The third-order valence-corrected chi connectivity index (χ3v) is 7.05. The van der Waals surface area contributed by atoms with Gasteiger partial charge >= 0.3 is 6.18 Å². The Hall–Kier alpha value is -2.77. The molecule has 0 spiro atoms. The lowest BCUT2D eigenvalue weighted by Gasteiger charge is -2.14. The first kappa shape index (κ1) is 23.9. The van der Waals surface area contributed by atoms with Crippen LogP contribution in [0.15, 0.2) is 91.7 Å². The molecule has 176 valence electrons. The third kappa shape index (κ3) is 4.36. The predicted octanol–water partition coefficient (Wildman–Crippen LogP) is 9.76. The number of aliphatic imine (C=N–C) groups is 2. The fourth-order valence-corrected chi connectivity index (χ4v) is 5.74. The van der Waals surface area contributed by atoms with Crippen LogP contribution in [0.1, 0.15) is 42.0 Å². The van der Waals surface area contributed by atoms with Crippen LogP contribution < -0.4 is 0 Å². The van der Waals surface area contributed by atoms with Gasteiger partial charge in [-0.05, 0) is 51.0 Å². The Morgan fingerprint density at radius 3 is 2.03 bits per heavy atom. The zero-order valence-electron chi connectivity index (χ0n) is 18.8. The van der Waals surface area contributed by atoms with Crippen molar-refractivity contribution in [1.82, 2.24) is 0 Å². The number of benzene rings is 4. The van der Waals surface area contributed by atoms with Crippen molar-refractivity contribution in [2.24, 2.45) is 9.98 Å². The summed E-state index contributed by atoms with van der Waals surface area (Å²) in [6.07, 6.45) is -4.58. The Bertz CT molecular complexity index is 1530.